The number of rotatable bonds is 5. The zero-order valence-corrected chi connectivity index (χ0v) is 14.8. The number of aryl methyl sites for hydroxylation is 2. The Balaban J connectivity index is 1.75. The highest BCUT2D eigenvalue weighted by molar-refractivity contribution is 6.07. The average molecular weight is 351 g/mol. The van der Waals surface area contributed by atoms with Crippen LogP contribution in [0.5, 0.6) is 0 Å². The predicted molar refractivity (Wildman–Crippen MR) is 98.6 cm³/mol. The fraction of sp³-hybridized carbons (Fsp3) is 0.250. The van der Waals surface area contributed by atoms with Crippen LogP contribution in [-0.2, 0) is 15.1 Å². The van der Waals surface area contributed by atoms with E-state index in [0.717, 1.165) is 16.8 Å². The van der Waals surface area contributed by atoms with Gasteiger partial charge in [-0.05, 0) is 37.5 Å². The fourth-order valence-corrected chi connectivity index (χ4v) is 3.21. The second-order valence-corrected chi connectivity index (χ2v) is 6.55. The number of benzene rings is 2. The lowest BCUT2D eigenvalue weighted by atomic mass is 9.85. The Bertz CT molecular complexity index is 864. The van der Waals surface area contributed by atoms with Crippen molar-refractivity contribution in [3.05, 3.63) is 65.2 Å². The minimum absolute atomic E-state index is 0.0932. The van der Waals surface area contributed by atoms with Crippen LogP contribution in [-0.4, -0.2) is 17.8 Å². The zero-order valence-electron chi connectivity index (χ0n) is 14.8. The number of imide groups is 1. The molecule has 1 unspecified atom stereocenters. The molecule has 2 aromatic rings. The van der Waals surface area contributed by atoms with Crippen LogP contribution in [0.15, 0.2) is 48.5 Å². The van der Waals surface area contributed by atoms with Gasteiger partial charge < -0.3 is 10.6 Å². The van der Waals surface area contributed by atoms with Crippen LogP contribution in [0.3, 0.4) is 0 Å². The Morgan fingerprint density at radius 3 is 2.42 bits per heavy atom. The highest BCUT2D eigenvalue weighted by Crippen LogP contribution is 2.30. The lowest BCUT2D eigenvalue weighted by molar-refractivity contribution is -0.125. The summed E-state index contributed by atoms with van der Waals surface area (Å²) in [6.07, 6.45) is 0.265. The summed E-state index contributed by atoms with van der Waals surface area (Å²) in [6, 6.07) is 14.2. The quantitative estimate of drug-likeness (QED) is 0.724. The smallest absolute Gasteiger partial charge is 0.322 e. The molecule has 0 spiro atoms. The van der Waals surface area contributed by atoms with Gasteiger partial charge in [0.25, 0.3) is 5.91 Å². The first-order valence-corrected chi connectivity index (χ1v) is 8.47. The van der Waals surface area contributed by atoms with E-state index < -0.39 is 17.5 Å². The number of amides is 4. The normalized spacial score (nSPS) is 19.0. The molecule has 3 rings (SSSR count). The molecule has 3 N–H and O–H groups in total. The molecule has 1 saturated heterocycles. The van der Waals surface area contributed by atoms with Crippen LogP contribution in [0.2, 0.25) is 0 Å². The van der Waals surface area contributed by atoms with E-state index in [1.54, 1.807) is 24.3 Å². The maximum Gasteiger partial charge on any atom is 0.322 e. The van der Waals surface area contributed by atoms with Gasteiger partial charge in [-0.2, -0.15) is 0 Å². The summed E-state index contributed by atoms with van der Waals surface area (Å²) in [6.45, 7) is 3.92. The van der Waals surface area contributed by atoms with Crippen molar-refractivity contribution in [1.29, 1.82) is 0 Å². The lowest BCUT2D eigenvalue weighted by Gasteiger charge is -2.26. The van der Waals surface area contributed by atoms with Crippen molar-refractivity contribution in [3.8, 4) is 0 Å². The SMILES string of the molecule is Cc1ccc(NC(=O)CCC2(c3ccccc3)NC(=O)NC2=O)c(C)c1. The van der Waals surface area contributed by atoms with Crippen LogP contribution in [0.4, 0.5) is 10.5 Å². The van der Waals surface area contributed by atoms with E-state index in [0.29, 0.717) is 5.56 Å². The molecular formula is C20H21N3O3. The number of urea groups is 1. The molecule has 6 heteroatoms. The molecule has 1 fully saturated rings. The minimum atomic E-state index is -1.22. The molecule has 1 atom stereocenters. The maximum absolute atomic E-state index is 12.4. The van der Waals surface area contributed by atoms with Crippen LogP contribution in [0.25, 0.3) is 0 Å². The zero-order chi connectivity index (χ0) is 18.7. The van der Waals surface area contributed by atoms with E-state index in [2.05, 4.69) is 16.0 Å². The Morgan fingerprint density at radius 2 is 1.81 bits per heavy atom. The first-order valence-electron chi connectivity index (χ1n) is 8.47. The molecule has 0 saturated carbocycles. The highest BCUT2D eigenvalue weighted by atomic mass is 16.2. The number of nitrogens with one attached hydrogen (secondary N) is 3. The second-order valence-electron chi connectivity index (χ2n) is 6.55. The average Bonchev–Trinajstić information content (AvgIpc) is 2.91. The van der Waals surface area contributed by atoms with Gasteiger partial charge in [0.2, 0.25) is 5.91 Å². The largest absolute Gasteiger partial charge is 0.326 e. The van der Waals surface area contributed by atoms with Crippen molar-refractivity contribution in [2.45, 2.75) is 32.2 Å². The molecule has 0 aromatic heterocycles. The summed E-state index contributed by atoms with van der Waals surface area (Å²) < 4.78 is 0. The van der Waals surface area contributed by atoms with Crippen molar-refractivity contribution >= 4 is 23.5 Å². The number of hydrogen-bond acceptors (Lipinski definition) is 3. The van der Waals surface area contributed by atoms with E-state index in [1.807, 2.05) is 38.1 Å². The summed E-state index contributed by atoms with van der Waals surface area (Å²) >= 11 is 0. The Labute approximate surface area is 152 Å². The fourth-order valence-electron chi connectivity index (χ4n) is 3.21. The van der Waals surface area contributed by atoms with Gasteiger partial charge in [-0.25, -0.2) is 4.79 Å². The standard InChI is InChI=1S/C20H21N3O3/c1-13-8-9-16(14(2)12-13)21-17(24)10-11-20(15-6-4-3-5-7-15)18(25)22-19(26)23-20/h3-9,12H,10-11H2,1-2H3,(H,21,24)(H2,22,23,25,26). The molecular weight excluding hydrogens is 330 g/mol. The minimum Gasteiger partial charge on any atom is -0.326 e. The van der Waals surface area contributed by atoms with Crippen LogP contribution < -0.4 is 16.0 Å². The molecule has 1 heterocycles. The third-order valence-electron chi connectivity index (χ3n) is 4.59. The summed E-state index contributed by atoms with van der Waals surface area (Å²) in [4.78, 5) is 36.6. The van der Waals surface area contributed by atoms with Crippen LogP contribution in [0, 0.1) is 13.8 Å². The first-order chi connectivity index (χ1) is 12.4. The maximum atomic E-state index is 12.4. The van der Waals surface area contributed by atoms with E-state index >= 15 is 0 Å². The number of anilines is 1. The van der Waals surface area contributed by atoms with Crippen molar-refractivity contribution < 1.29 is 14.4 Å². The highest BCUT2D eigenvalue weighted by Gasteiger charge is 2.47. The van der Waals surface area contributed by atoms with Crippen molar-refractivity contribution in [2.24, 2.45) is 0 Å². The van der Waals surface area contributed by atoms with E-state index in [1.165, 1.54) is 0 Å². The van der Waals surface area contributed by atoms with Crippen molar-refractivity contribution in [3.63, 3.8) is 0 Å². The van der Waals surface area contributed by atoms with E-state index in [4.69, 9.17) is 0 Å². The van der Waals surface area contributed by atoms with Gasteiger partial charge in [-0.15, -0.1) is 0 Å². The van der Waals surface area contributed by atoms with Gasteiger partial charge in [0.05, 0.1) is 0 Å². The van der Waals surface area contributed by atoms with Crippen LogP contribution in [0.1, 0.15) is 29.5 Å². The van der Waals surface area contributed by atoms with Gasteiger partial charge in [0, 0.05) is 12.1 Å². The monoisotopic (exact) mass is 351 g/mol. The molecule has 0 bridgehead atoms. The molecule has 26 heavy (non-hydrogen) atoms. The van der Waals surface area contributed by atoms with E-state index in [9.17, 15) is 14.4 Å². The summed E-state index contributed by atoms with van der Waals surface area (Å²) in [5.41, 5.74) is 2.27. The summed E-state index contributed by atoms with van der Waals surface area (Å²) in [7, 11) is 0. The van der Waals surface area contributed by atoms with Gasteiger partial charge >= 0.3 is 6.03 Å². The van der Waals surface area contributed by atoms with Gasteiger partial charge in [-0.1, -0.05) is 48.0 Å². The molecule has 4 amide bonds. The van der Waals surface area contributed by atoms with E-state index in [-0.39, 0.29) is 18.7 Å². The molecule has 2 aromatic carbocycles. The Morgan fingerprint density at radius 1 is 1.08 bits per heavy atom. The number of hydrogen-bond donors (Lipinski definition) is 3. The van der Waals surface area contributed by atoms with Gasteiger partial charge in [0.1, 0.15) is 5.54 Å². The third kappa shape index (κ3) is 3.44. The number of carbonyl (C=O) groups is 3. The molecule has 0 radical (unpaired) electrons. The topological polar surface area (TPSA) is 87.3 Å². The number of carbonyl (C=O) groups excluding carboxylic acids is 3. The Hall–Kier alpha value is -3.15. The lowest BCUT2D eigenvalue weighted by Crippen LogP contribution is -2.44. The molecule has 1 aliphatic rings. The molecule has 0 aliphatic carbocycles. The van der Waals surface area contributed by atoms with Crippen molar-refractivity contribution in [2.75, 3.05) is 5.32 Å². The van der Waals surface area contributed by atoms with Gasteiger partial charge in [-0.3, -0.25) is 14.9 Å². The molecule has 1 aliphatic heterocycles. The second kappa shape index (κ2) is 7.00. The van der Waals surface area contributed by atoms with Gasteiger partial charge in [0.15, 0.2) is 0 Å². The molecule has 6 nitrogen and oxygen atoms in total. The molecule has 134 valence electrons. The first kappa shape index (κ1) is 17.7. The Kier molecular flexibility index (Phi) is 4.75. The van der Waals surface area contributed by atoms with Crippen LogP contribution >= 0.6 is 0 Å². The summed E-state index contributed by atoms with van der Waals surface area (Å²) in [5, 5.41) is 7.84. The summed E-state index contributed by atoms with van der Waals surface area (Å²) in [5.74, 6) is -0.644. The third-order valence-corrected chi connectivity index (χ3v) is 4.59. The predicted octanol–water partition coefficient (Wildman–Crippen LogP) is 2.76. The van der Waals surface area contributed by atoms with Crippen molar-refractivity contribution in [1.82, 2.24) is 10.6 Å².